The predicted molar refractivity (Wildman–Crippen MR) is 131 cm³/mol. The third-order valence-electron chi connectivity index (χ3n) is 5.20. The molecule has 1 saturated heterocycles. The number of methoxy groups -OCH3 is 1. The number of thioether (sulfide) groups is 1. The van der Waals surface area contributed by atoms with Crippen LogP contribution in [0.25, 0.3) is 0 Å². The first-order chi connectivity index (χ1) is 17.6. The standard InChI is InChI=1S/C19H23Cl3N4O11S/c1-35-19(14(32)26-11(13(30)31)8(5-36-16(23)33)6-38-15(19)26)25-10(27)4-2-3-9(12(28)29)24-17(34)37-7-18(20,21)22/h9,15H,2-7H2,1H3,(H2,23,33)(H,24,34)(H,25,27)(H,28,29)(H,30,31)/t9-,15-,19?/m1/s1. The summed E-state index contributed by atoms with van der Waals surface area (Å²) >= 11 is 17.4. The summed E-state index contributed by atoms with van der Waals surface area (Å²) in [5.74, 6) is -4.40. The number of halogens is 3. The summed E-state index contributed by atoms with van der Waals surface area (Å²) in [6.07, 6.45) is -2.78. The van der Waals surface area contributed by atoms with Crippen LogP contribution >= 0.6 is 46.6 Å². The second kappa shape index (κ2) is 12.9. The van der Waals surface area contributed by atoms with E-state index in [1.54, 1.807) is 0 Å². The number of nitrogens with zero attached hydrogens (tertiary/aromatic N) is 1. The minimum atomic E-state index is -1.89. The maximum absolute atomic E-state index is 13.0. The molecule has 0 spiro atoms. The number of primary amides is 1. The van der Waals surface area contributed by atoms with Crippen LogP contribution in [0, 0.1) is 0 Å². The Balaban J connectivity index is 1.99. The molecule has 15 nitrogen and oxygen atoms in total. The number of carboxylic acid groups (broad SMARTS) is 2. The zero-order valence-corrected chi connectivity index (χ0v) is 22.6. The monoisotopic (exact) mass is 620 g/mol. The van der Waals surface area contributed by atoms with Gasteiger partial charge < -0.3 is 40.8 Å². The van der Waals surface area contributed by atoms with E-state index in [4.69, 9.17) is 45.3 Å². The number of rotatable bonds is 12. The van der Waals surface area contributed by atoms with E-state index in [1.165, 1.54) is 0 Å². The summed E-state index contributed by atoms with van der Waals surface area (Å²) in [5.41, 5.74) is 2.75. The van der Waals surface area contributed by atoms with Gasteiger partial charge in [0.1, 0.15) is 30.3 Å². The van der Waals surface area contributed by atoms with Crippen LogP contribution in [0.5, 0.6) is 0 Å². The molecule has 2 rings (SSSR count). The van der Waals surface area contributed by atoms with Crippen LogP contribution in [0.4, 0.5) is 9.59 Å². The zero-order chi connectivity index (χ0) is 28.8. The molecule has 19 heteroatoms. The van der Waals surface area contributed by atoms with Crippen molar-refractivity contribution in [2.24, 2.45) is 5.73 Å². The topological polar surface area (TPSA) is 224 Å². The number of carbonyl (C=O) groups excluding carboxylic acids is 4. The molecule has 3 atom stereocenters. The van der Waals surface area contributed by atoms with Crippen LogP contribution in [-0.2, 0) is 33.4 Å². The van der Waals surface area contributed by atoms with Gasteiger partial charge in [-0.1, -0.05) is 34.8 Å². The SMILES string of the molecule is COC1(NC(=O)CCC[C@@H](NC(=O)OCC(Cl)(Cl)Cl)C(=O)O)C(=O)N2C(C(=O)O)=C(COC(N)=O)CS[C@@H]21. The zero-order valence-electron chi connectivity index (χ0n) is 19.5. The van der Waals surface area contributed by atoms with Crippen LogP contribution in [0.1, 0.15) is 19.3 Å². The van der Waals surface area contributed by atoms with E-state index in [1.807, 2.05) is 0 Å². The molecule has 1 fully saturated rings. The number of carbonyl (C=O) groups is 6. The van der Waals surface area contributed by atoms with Gasteiger partial charge in [-0.25, -0.2) is 19.2 Å². The van der Waals surface area contributed by atoms with E-state index < -0.39 is 75.8 Å². The molecule has 0 saturated carbocycles. The van der Waals surface area contributed by atoms with Crippen molar-refractivity contribution >= 4 is 82.5 Å². The molecular weight excluding hydrogens is 599 g/mol. The summed E-state index contributed by atoms with van der Waals surface area (Å²) in [6.45, 7) is -1.07. The average molecular weight is 622 g/mol. The van der Waals surface area contributed by atoms with Gasteiger partial charge in [0, 0.05) is 24.9 Å². The molecular formula is C19H23Cl3N4O11S. The van der Waals surface area contributed by atoms with Gasteiger partial charge in [0.15, 0.2) is 0 Å². The van der Waals surface area contributed by atoms with E-state index in [9.17, 15) is 39.0 Å². The van der Waals surface area contributed by atoms with Crippen LogP contribution in [0.15, 0.2) is 11.3 Å². The Labute approximate surface area is 234 Å². The Morgan fingerprint density at radius 2 is 1.89 bits per heavy atom. The highest BCUT2D eigenvalue weighted by atomic mass is 35.6. The first-order valence-electron chi connectivity index (χ1n) is 10.5. The number of fused-ring (bicyclic) bond motifs is 1. The lowest BCUT2D eigenvalue weighted by Gasteiger charge is -2.55. The van der Waals surface area contributed by atoms with Crippen molar-refractivity contribution in [2.75, 3.05) is 26.1 Å². The van der Waals surface area contributed by atoms with Gasteiger partial charge in [-0.3, -0.25) is 14.5 Å². The fourth-order valence-corrected chi connectivity index (χ4v) is 5.12. The summed E-state index contributed by atoms with van der Waals surface area (Å²) in [7, 11) is 1.15. The number of hydrogen-bond donors (Lipinski definition) is 5. The molecule has 1 unspecified atom stereocenters. The number of carboxylic acids is 2. The van der Waals surface area contributed by atoms with Crippen molar-refractivity contribution < 1.29 is 53.2 Å². The van der Waals surface area contributed by atoms with Gasteiger partial charge in [0.05, 0.1) is 0 Å². The molecule has 212 valence electrons. The summed E-state index contributed by atoms with van der Waals surface area (Å²) in [6, 6.07) is -1.43. The van der Waals surface area contributed by atoms with Crippen LogP contribution in [0.3, 0.4) is 0 Å². The van der Waals surface area contributed by atoms with E-state index in [0.29, 0.717) is 0 Å². The molecule has 4 amide bonds. The largest absolute Gasteiger partial charge is 0.480 e. The van der Waals surface area contributed by atoms with Crippen molar-refractivity contribution in [3.8, 4) is 0 Å². The first kappa shape index (κ1) is 31.6. The maximum Gasteiger partial charge on any atom is 0.407 e. The van der Waals surface area contributed by atoms with Gasteiger partial charge >= 0.3 is 24.1 Å². The lowest BCUT2D eigenvalue weighted by molar-refractivity contribution is -0.192. The van der Waals surface area contributed by atoms with E-state index >= 15 is 0 Å². The molecule has 0 bridgehead atoms. The number of alkyl halides is 3. The number of ether oxygens (including phenoxy) is 3. The minimum absolute atomic E-state index is 0.0324. The van der Waals surface area contributed by atoms with Crippen molar-refractivity contribution in [3.05, 3.63) is 11.3 Å². The molecule has 38 heavy (non-hydrogen) atoms. The smallest absolute Gasteiger partial charge is 0.407 e. The van der Waals surface area contributed by atoms with Gasteiger partial charge in [0.25, 0.3) is 11.6 Å². The number of amides is 4. The van der Waals surface area contributed by atoms with Gasteiger partial charge in [0.2, 0.25) is 9.70 Å². The number of hydrogen-bond acceptors (Lipinski definition) is 10. The third kappa shape index (κ3) is 7.69. The van der Waals surface area contributed by atoms with E-state index in [0.717, 1.165) is 23.8 Å². The lowest BCUT2D eigenvalue weighted by atomic mass is 9.97. The van der Waals surface area contributed by atoms with E-state index in [-0.39, 0.29) is 30.6 Å². The Morgan fingerprint density at radius 1 is 1.24 bits per heavy atom. The molecule has 0 radical (unpaired) electrons. The number of nitrogens with one attached hydrogen (secondary N) is 2. The molecule has 2 aliphatic rings. The number of nitrogens with two attached hydrogens (primary N) is 1. The normalized spacial score (nSPS) is 21.5. The average Bonchev–Trinajstić information content (AvgIpc) is 2.82. The maximum atomic E-state index is 13.0. The predicted octanol–water partition coefficient (Wildman–Crippen LogP) is 0.514. The third-order valence-corrected chi connectivity index (χ3v) is 6.90. The van der Waals surface area contributed by atoms with Gasteiger partial charge in [-0.2, -0.15) is 0 Å². The molecule has 2 aliphatic heterocycles. The molecule has 0 aliphatic carbocycles. The molecule has 0 aromatic rings. The summed E-state index contributed by atoms with van der Waals surface area (Å²) in [5, 5.41) is 22.5. The first-order valence-corrected chi connectivity index (χ1v) is 12.7. The number of aliphatic carboxylic acids is 2. The highest BCUT2D eigenvalue weighted by molar-refractivity contribution is 8.00. The highest BCUT2D eigenvalue weighted by Crippen LogP contribution is 2.46. The van der Waals surface area contributed by atoms with Crippen molar-refractivity contribution in [1.82, 2.24) is 15.5 Å². The fraction of sp³-hybridized carbons (Fsp3) is 0.579. The molecule has 2 heterocycles. The van der Waals surface area contributed by atoms with Crippen molar-refractivity contribution in [1.29, 1.82) is 0 Å². The Bertz CT molecular complexity index is 1040. The quantitative estimate of drug-likeness (QED) is 0.114. The Morgan fingerprint density at radius 3 is 2.42 bits per heavy atom. The summed E-state index contributed by atoms with van der Waals surface area (Å²) < 4.78 is 12.7. The molecule has 0 aromatic heterocycles. The Kier molecular flexibility index (Phi) is 10.7. The Hall–Kier alpha value is -2.66. The van der Waals surface area contributed by atoms with Crippen LogP contribution in [0.2, 0.25) is 0 Å². The highest BCUT2D eigenvalue weighted by Gasteiger charge is 2.66. The fourth-order valence-electron chi connectivity index (χ4n) is 3.54. The van der Waals surface area contributed by atoms with E-state index in [2.05, 4.69) is 20.1 Å². The number of alkyl carbamates (subject to hydrolysis) is 1. The minimum Gasteiger partial charge on any atom is -0.480 e. The van der Waals surface area contributed by atoms with Crippen LogP contribution in [-0.4, -0.2) is 98.1 Å². The van der Waals surface area contributed by atoms with Gasteiger partial charge in [-0.15, -0.1) is 11.8 Å². The molecule has 0 aromatic carbocycles. The van der Waals surface area contributed by atoms with Gasteiger partial charge in [-0.05, 0) is 12.8 Å². The second-order valence-corrected chi connectivity index (χ2v) is 11.4. The number of β-lactam (4-membered cyclic amide) rings is 1. The van der Waals surface area contributed by atoms with Crippen LogP contribution < -0.4 is 16.4 Å². The van der Waals surface area contributed by atoms with Crippen molar-refractivity contribution in [3.63, 3.8) is 0 Å². The summed E-state index contributed by atoms with van der Waals surface area (Å²) in [4.78, 5) is 72.4. The second-order valence-electron chi connectivity index (χ2n) is 7.81. The molecule has 6 N–H and O–H groups in total. The lowest BCUT2D eigenvalue weighted by Crippen LogP contribution is -2.80. The van der Waals surface area contributed by atoms with Crippen molar-refractivity contribution in [2.45, 2.75) is 40.2 Å².